The summed E-state index contributed by atoms with van der Waals surface area (Å²) in [6, 6.07) is 8.77. The van der Waals surface area contributed by atoms with Crippen molar-refractivity contribution in [1.29, 1.82) is 0 Å². The number of carbonyl (C=O) groups excluding carboxylic acids is 1. The molecule has 0 aliphatic carbocycles. The number of hydrogen-bond acceptors (Lipinski definition) is 7. The zero-order valence-electron chi connectivity index (χ0n) is 17.3. The van der Waals surface area contributed by atoms with E-state index in [9.17, 15) is 4.79 Å². The molecule has 1 unspecified atom stereocenters. The second-order valence-electron chi connectivity index (χ2n) is 6.65. The number of amides is 1. The number of rotatable bonds is 7. The maximum absolute atomic E-state index is 12.6. The first kappa shape index (κ1) is 21.4. The first-order chi connectivity index (χ1) is 14.3. The number of aromatic nitrogens is 2. The van der Waals surface area contributed by atoms with Crippen LogP contribution in [0.3, 0.4) is 0 Å². The molecule has 0 bridgehead atoms. The van der Waals surface area contributed by atoms with E-state index < -0.39 is 12.0 Å². The molecule has 158 valence electrons. The third-order valence-electron chi connectivity index (χ3n) is 4.48. The Labute approximate surface area is 179 Å². The van der Waals surface area contributed by atoms with Gasteiger partial charge in [0.15, 0.2) is 23.3 Å². The Morgan fingerprint density at radius 2 is 1.73 bits per heavy atom. The van der Waals surface area contributed by atoms with E-state index in [2.05, 4.69) is 15.6 Å². The predicted molar refractivity (Wildman–Crippen MR) is 112 cm³/mol. The molecular formula is C21H22ClN3O5. The van der Waals surface area contributed by atoms with Crippen LogP contribution in [0.5, 0.6) is 17.2 Å². The summed E-state index contributed by atoms with van der Waals surface area (Å²) in [7, 11) is 3.08. The maximum atomic E-state index is 12.6. The minimum atomic E-state index is -0.792. The highest BCUT2D eigenvalue weighted by Crippen LogP contribution is 2.34. The van der Waals surface area contributed by atoms with Gasteiger partial charge < -0.3 is 19.5 Å². The maximum Gasteiger partial charge on any atom is 0.266 e. The normalized spacial score (nSPS) is 11.7. The molecular weight excluding hydrogens is 410 g/mol. The van der Waals surface area contributed by atoms with E-state index in [0.717, 1.165) is 11.1 Å². The summed E-state index contributed by atoms with van der Waals surface area (Å²) in [4.78, 5) is 12.6. The average Bonchev–Trinajstić information content (AvgIpc) is 3.19. The van der Waals surface area contributed by atoms with Gasteiger partial charge in [-0.2, -0.15) is 0 Å². The number of anilines is 1. The number of aryl methyl sites for hydroxylation is 2. The summed E-state index contributed by atoms with van der Waals surface area (Å²) >= 11 is 6.18. The highest BCUT2D eigenvalue weighted by Gasteiger charge is 2.21. The minimum Gasteiger partial charge on any atom is -0.493 e. The Kier molecular flexibility index (Phi) is 6.47. The summed E-state index contributed by atoms with van der Waals surface area (Å²) in [6.45, 7) is 5.39. The van der Waals surface area contributed by atoms with Gasteiger partial charge in [0.25, 0.3) is 5.91 Å². The summed E-state index contributed by atoms with van der Waals surface area (Å²) < 4.78 is 21.1. The number of methoxy groups -OCH3 is 2. The van der Waals surface area contributed by atoms with Gasteiger partial charge in [-0.25, -0.2) is 4.63 Å². The van der Waals surface area contributed by atoms with Crippen LogP contribution >= 0.6 is 11.6 Å². The second kappa shape index (κ2) is 9.04. The van der Waals surface area contributed by atoms with Gasteiger partial charge in [0.1, 0.15) is 5.75 Å². The predicted octanol–water partition coefficient (Wildman–Crippen LogP) is 4.43. The lowest BCUT2D eigenvalue weighted by molar-refractivity contribution is -0.122. The van der Waals surface area contributed by atoms with Gasteiger partial charge in [-0.05, 0) is 72.5 Å². The van der Waals surface area contributed by atoms with E-state index in [1.165, 1.54) is 7.11 Å². The van der Waals surface area contributed by atoms with Crippen LogP contribution < -0.4 is 19.5 Å². The summed E-state index contributed by atoms with van der Waals surface area (Å²) in [5, 5.41) is 11.1. The Morgan fingerprint density at radius 1 is 1.07 bits per heavy atom. The quantitative estimate of drug-likeness (QED) is 0.591. The van der Waals surface area contributed by atoms with Crippen molar-refractivity contribution < 1.29 is 23.6 Å². The fourth-order valence-corrected chi connectivity index (χ4v) is 3.00. The van der Waals surface area contributed by atoms with E-state index in [1.54, 1.807) is 44.4 Å². The molecule has 8 nitrogen and oxygen atoms in total. The molecule has 0 aliphatic rings. The van der Waals surface area contributed by atoms with Crippen LogP contribution in [0.25, 0.3) is 11.3 Å². The van der Waals surface area contributed by atoms with E-state index in [-0.39, 0.29) is 5.82 Å². The number of benzene rings is 2. The van der Waals surface area contributed by atoms with Crippen molar-refractivity contribution in [3.63, 3.8) is 0 Å². The van der Waals surface area contributed by atoms with Crippen LogP contribution in [0.15, 0.2) is 35.0 Å². The zero-order valence-corrected chi connectivity index (χ0v) is 18.0. The van der Waals surface area contributed by atoms with Crippen molar-refractivity contribution in [3.05, 3.63) is 46.5 Å². The molecule has 0 fully saturated rings. The fraction of sp³-hybridized carbons (Fsp3) is 0.286. The van der Waals surface area contributed by atoms with E-state index in [1.807, 2.05) is 13.8 Å². The zero-order chi connectivity index (χ0) is 21.8. The van der Waals surface area contributed by atoms with Gasteiger partial charge in [-0.15, -0.1) is 0 Å². The van der Waals surface area contributed by atoms with Gasteiger partial charge >= 0.3 is 0 Å². The highest BCUT2D eigenvalue weighted by atomic mass is 35.5. The molecule has 0 aliphatic heterocycles. The third kappa shape index (κ3) is 4.49. The first-order valence-corrected chi connectivity index (χ1v) is 9.51. The molecule has 1 N–H and O–H groups in total. The van der Waals surface area contributed by atoms with E-state index in [0.29, 0.717) is 33.5 Å². The molecule has 0 spiro atoms. The average molecular weight is 432 g/mol. The molecule has 0 radical (unpaired) electrons. The van der Waals surface area contributed by atoms with E-state index >= 15 is 0 Å². The Morgan fingerprint density at radius 3 is 2.37 bits per heavy atom. The van der Waals surface area contributed by atoms with Crippen molar-refractivity contribution in [2.24, 2.45) is 0 Å². The van der Waals surface area contributed by atoms with Gasteiger partial charge in [0.05, 0.1) is 14.2 Å². The van der Waals surface area contributed by atoms with Gasteiger partial charge in [-0.3, -0.25) is 4.79 Å². The lowest BCUT2D eigenvalue weighted by atomic mass is 10.1. The van der Waals surface area contributed by atoms with Crippen LogP contribution in [0.1, 0.15) is 18.1 Å². The standard InChI is InChI=1S/C21H22ClN3O5/c1-11-8-15(9-12(2)18(11)22)29-13(3)21(26)23-20-19(24-30-25-20)14-6-7-16(27-4)17(10-14)28-5/h6-10,13H,1-5H3,(H,23,25,26). The molecule has 2 aromatic carbocycles. The SMILES string of the molecule is COc1ccc(-c2nonc2NC(=O)C(C)Oc2cc(C)c(Cl)c(C)c2)cc1OC. The summed E-state index contributed by atoms with van der Waals surface area (Å²) in [5.41, 5.74) is 2.74. The molecule has 1 amide bonds. The van der Waals surface area contributed by atoms with Crippen molar-refractivity contribution in [3.8, 4) is 28.5 Å². The van der Waals surface area contributed by atoms with Gasteiger partial charge in [0.2, 0.25) is 5.82 Å². The van der Waals surface area contributed by atoms with Crippen LogP contribution in [0, 0.1) is 13.8 Å². The number of ether oxygens (including phenoxy) is 3. The van der Waals surface area contributed by atoms with Crippen molar-refractivity contribution in [2.45, 2.75) is 26.9 Å². The third-order valence-corrected chi connectivity index (χ3v) is 5.08. The Hall–Kier alpha value is -3.26. The molecule has 0 saturated heterocycles. The minimum absolute atomic E-state index is 0.172. The van der Waals surface area contributed by atoms with Crippen molar-refractivity contribution in [1.82, 2.24) is 10.3 Å². The number of hydrogen-bond donors (Lipinski definition) is 1. The molecule has 1 atom stereocenters. The molecule has 9 heteroatoms. The lowest BCUT2D eigenvalue weighted by Gasteiger charge is -2.15. The fourth-order valence-electron chi connectivity index (χ4n) is 2.89. The Bertz CT molecular complexity index is 1040. The van der Waals surface area contributed by atoms with Crippen LogP contribution in [0.2, 0.25) is 5.02 Å². The molecule has 3 rings (SSSR count). The van der Waals surface area contributed by atoms with Crippen molar-refractivity contribution >= 4 is 23.3 Å². The summed E-state index contributed by atoms with van der Waals surface area (Å²) in [6.07, 6.45) is -0.792. The van der Waals surface area contributed by atoms with Crippen molar-refractivity contribution in [2.75, 3.05) is 19.5 Å². The first-order valence-electron chi connectivity index (χ1n) is 9.13. The molecule has 1 aromatic heterocycles. The summed E-state index contributed by atoms with van der Waals surface area (Å²) in [5.74, 6) is 1.40. The number of nitrogens with zero attached hydrogens (tertiary/aromatic N) is 2. The van der Waals surface area contributed by atoms with Crippen LogP contribution in [0.4, 0.5) is 5.82 Å². The van der Waals surface area contributed by atoms with Crippen LogP contribution in [-0.2, 0) is 4.79 Å². The van der Waals surface area contributed by atoms with E-state index in [4.69, 9.17) is 30.4 Å². The van der Waals surface area contributed by atoms with Gasteiger partial charge in [0, 0.05) is 10.6 Å². The number of nitrogens with one attached hydrogen (secondary N) is 1. The molecule has 0 saturated carbocycles. The molecule has 30 heavy (non-hydrogen) atoms. The Balaban J connectivity index is 1.76. The molecule has 3 aromatic rings. The second-order valence-corrected chi connectivity index (χ2v) is 7.03. The van der Waals surface area contributed by atoms with Crippen LogP contribution in [-0.4, -0.2) is 36.5 Å². The topological polar surface area (TPSA) is 95.7 Å². The van der Waals surface area contributed by atoms with Gasteiger partial charge in [-0.1, -0.05) is 11.6 Å². The number of halogens is 1. The largest absolute Gasteiger partial charge is 0.493 e. The monoisotopic (exact) mass is 431 g/mol. The lowest BCUT2D eigenvalue weighted by Crippen LogP contribution is -2.30. The molecule has 1 heterocycles. The highest BCUT2D eigenvalue weighted by molar-refractivity contribution is 6.32. The smallest absolute Gasteiger partial charge is 0.266 e. The number of carbonyl (C=O) groups is 1.